The van der Waals surface area contributed by atoms with Gasteiger partial charge in [-0.2, -0.15) is 5.26 Å². The minimum absolute atomic E-state index is 0.0440. The summed E-state index contributed by atoms with van der Waals surface area (Å²) >= 11 is 1.63. The van der Waals surface area contributed by atoms with Crippen LogP contribution >= 0.6 is 11.3 Å². The SMILES string of the molecule is CCOc1cc(C=Nc2sc3c(c2C#N)CC[C@H](C(C)(C)C)C3)ccc1OCc1ccc([N+](=O)[O-])cc1. The molecule has 1 heterocycles. The molecule has 8 heteroatoms. The molecule has 4 rings (SSSR count). The van der Waals surface area contributed by atoms with Crippen molar-refractivity contribution in [3.05, 3.63) is 79.7 Å². The van der Waals surface area contributed by atoms with Crippen LogP contribution in [0.4, 0.5) is 10.7 Å². The van der Waals surface area contributed by atoms with Crippen LogP contribution in [0.3, 0.4) is 0 Å². The number of ether oxygens (including phenoxy) is 2. The zero-order chi connectivity index (χ0) is 26.6. The average Bonchev–Trinajstić information content (AvgIpc) is 3.23. The fourth-order valence-electron chi connectivity index (χ4n) is 4.52. The van der Waals surface area contributed by atoms with Crippen LogP contribution in [0.15, 0.2) is 47.5 Å². The Labute approximate surface area is 221 Å². The van der Waals surface area contributed by atoms with Crippen molar-refractivity contribution in [1.82, 2.24) is 0 Å². The second-order valence-electron chi connectivity index (χ2n) is 10.2. The van der Waals surface area contributed by atoms with Gasteiger partial charge < -0.3 is 9.47 Å². The molecule has 7 nitrogen and oxygen atoms in total. The fourth-order valence-corrected chi connectivity index (χ4v) is 5.74. The van der Waals surface area contributed by atoms with Crippen molar-refractivity contribution in [1.29, 1.82) is 5.26 Å². The predicted octanol–water partition coefficient (Wildman–Crippen LogP) is 7.41. The second-order valence-corrected chi connectivity index (χ2v) is 11.3. The predicted molar refractivity (Wildman–Crippen MR) is 146 cm³/mol. The third-order valence-corrected chi connectivity index (χ3v) is 7.89. The molecule has 0 N–H and O–H groups in total. The van der Waals surface area contributed by atoms with Crippen molar-refractivity contribution < 1.29 is 14.4 Å². The number of hydrogen-bond donors (Lipinski definition) is 0. The van der Waals surface area contributed by atoms with E-state index in [0.29, 0.717) is 29.6 Å². The van der Waals surface area contributed by atoms with E-state index in [0.717, 1.165) is 35.4 Å². The molecule has 0 fully saturated rings. The molecular formula is C29H31N3O4S. The van der Waals surface area contributed by atoms with Crippen LogP contribution in [0.5, 0.6) is 11.5 Å². The Kier molecular flexibility index (Phi) is 7.94. The Balaban J connectivity index is 1.51. The number of fused-ring (bicyclic) bond motifs is 1. The second kappa shape index (κ2) is 11.1. The Bertz CT molecular complexity index is 1350. The Hall–Kier alpha value is -3.70. The number of nitriles is 1. The molecule has 1 aromatic heterocycles. The number of nitro groups is 1. The van der Waals surface area contributed by atoms with E-state index in [1.165, 1.54) is 22.6 Å². The third kappa shape index (κ3) is 6.17. The van der Waals surface area contributed by atoms with Crippen molar-refractivity contribution in [2.45, 2.75) is 53.6 Å². The Morgan fingerprint density at radius 2 is 1.95 bits per heavy atom. The first-order valence-electron chi connectivity index (χ1n) is 12.4. The lowest BCUT2D eigenvalue weighted by atomic mass is 9.72. The highest BCUT2D eigenvalue weighted by molar-refractivity contribution is 7.16. The van der Waals surface area contributed by atoms with Crippen molar-refractivity contribution >= 4 is 28.2 Å². The van der Waals surface area contributed by atoms with Gasteiger partial charge in [-0.05, 0) is 84.5 Å². The molecule has 3 aromatic rings. The van der Waals surface area contributed by atoms with Gasteiger partial charge in [-0.3, -0.25) is 10.1 Å². The number of benzene rings is 2. The van der Waals surface area contributed by atoms with Crippen LogP contribution in [-0.4, -0.2) is 17.7 Å². The zero-order valence-electron chi connectivity index (χ0n) is 21.6. The molecule has 37 heavy (non-hydrogen) atoms. The van der Waals surface area contributed by atoms with Crippen LogP contribution < -0.4 is 9.47 Å². The van der Waals surface area contributed by atoms with Gasteiger partial charge in [0.25, 0.3) is 5.69 Å². The van der Waals surface area contributed by atoms with Crippen LogP contribution in [0.25, 0.3) is 0 Å². The maximum atomic E-state index is 10.9. The number of rotatable bonds is 8. The lowest BCUT2D eigenvalue weighted by molar-refractivity contribution is -0.384. The first-order valence-corrected chi connectivity index (χ1v) is 13.2. The molecule has 0 radical (unpaired) electrons. The molecule has 1 aliphatic carbocycles. The van der Waals surface area contributed by atoms with Gasteiger partial charge in [0, 0.05) is 23.2 Å². The molecule has 1 atom stereocenters. The first kappa shape index (κ1) is 26.4. The molecule has 0 spiro atoms. The smallest absolute Gasteiger partial charge is 0.269 e. The molecule has 0 amide bonds. The standard InChI is InChI=1S/C29H31N3O4S/c1-5-35-26-14-20(8-13-25(26)36-18-19-6-10-22(11-7-19)32(33)34)17-31-28-24(16-30)23-12-9-21(29(2,3)4)15-27(23)37-28/h6-8,10-11,13-14,17,21H,5,9,12,15,18H2,1-4H3/t21-/m0/s1. The fraction of sp³-hybridized carbons (Fsp3) is 0.379. The van der Waals surface area contributed by atoms with Gasteiger partial charge in [-0.15, -0.1) is 11.3 Å². The highest BCUT2D eigenvalue weighted by Gasteiger charge is 2.32. The maximum absolute atomic E-state index is 10.9. The average molecular weight is 518 g/mol. The van der Waals surface area contributed by atoms with E-state index < -0.39 is 4.92 Å². The molecule has 0 unspecified atom stereocenters. The summed E-state index contributed by atoms with van der Waals surface area (Å²) in [5, 5.41) is 21.5. The quantitative estimate of drug-likeness (QED) is 0.176. The third-order valence-electron chi connectivity index (χ3n) is 6.72. The molecule has 1 aliphatic rings. The van der Waals surface area contributed by atoms with Crippen molar-refractivity contribution in [3.8, 4) is 17.6 Å². The first-order chi connectivity index (χ1) is 17.7. The van der Waals surface area contributed by atoms with E-state index in [2.05, 4.69) is 26.8 Å². The summed E-state index contributed by atoms with van der Waals surface area (Å²) in [6.45, 7) is 9.50. The van der Waals surface area contributed by atoms with Crippen molar-refractivity contribution in [2.24, 2.45) is 16.3 Å². The highest BCUT2D eigenvalue weighted by atomic mass is 32.1. The number of thiophene rings is 1. The zero-order valence-corrected chi connectivity index (χ0v) is 22.4. The lowest BCUT2D eigenvalue weighted by Gasteiger charge is -2.33. The summed E-state index contributed by atoms with van der Waals surface area (Å²) in [7, 11) is 0. The van der Waals surface area contributed by atoms with E-state index >= 15 is 0 Å². The highest BCUT2D eigenvalue weighted by Crippen LogP contribution is 2.45. The van der Waals surface area contributed by atoms with E-state index in [1.807, 2.05) is 25.1 Å². The van der Waals surface area contributed by atoms with Crippen LogP contribution in [0, 0.1) is 32.8 Å². The van der Waals surface area contributed by atoms with E-state index in [9.17, 15) is 15.4 Å². The summed E-state index contributed by atoms with van der Waals surface area (Å²) in [6.07, 6.45) is 4.80. The molecule has 0 aliphatic heterocycles. The maximum Gasteiger partial charge on any atom is 0.269 e. The summed E-state index contributed by atoms with van der Waals surface area (Å²) in [6, 6.07) is 14.3. The number of nitrogens with zero attached hydrogens (tertiary/aromatic N) is 3. The number of nitro benzene ring substituents is 1. The molecular weight excluding hydrogens is 486 g/mol. The molecule has 0 bridgehead atoms. The van der Waals surface area contributed by atoms with Gasteiger partial charge in [0.15, 0.2) is 11.5 Å². The van der Waals surface area contributed by atoms with Gasteiger partial charge in [0.1, 0.15) is 17.7 Å². The summed E-state index contributed by atoms with van der Waals surface area (Å²) in [5.41, 5.74) is 3.83. The van der Waals surface area contributed by atoms with Crippen LogP contribution in [0.1, 0.15) is 61.2 Å². The van der Waals surface area contributed by atoms with Crippen LogP contribution in [0.2, 0.25) is 0 Å². The van der Waals surface area contributed by atoms with Gasteiger partial charge in [-0.25, -0.2) is 4.99 Å². The van der Waals surface area contributed by atoms with Crippen LogP contribution in [-0.2, 0) is 19.4 Å². The molecule has 0 saturated carbocycles. The van der Waals surface area contributed by atoms with Crippen molar-refractivity contribution in [3.63, 3.8) is 0 Å². The molecule has 192 valence electrons. The van der Waals surface area contributed by atoms with E-state index in [1.54, 1.807) is 29.7 Å². The Morgan fingerprint density at radius 1 is 1.19 bits per heavy atom. The van der Waals surface area contributed by atoms with Gasteiger partial charge >= 0.3 is 0 Å². The topological polar surface area (TPSA) is 97.8 Å². The molecule has 0 saturated heterocycles. The minimum Gasteiger partial charge on any atom is -0.490 e. The minimum atomic E-state index is -0.425. The number of hydrogen-bond acceptors (Lipinski definition) is 7. The normalized spacial score (nSPS) is 15.3. The lowest BCUT2D eigenvalue weighted by Crippen LogP contribution is -2.26. The van der Waals surface area contributed by atoms with E-state index in [4.69, 9.17) is 14.5 Å². The van der Waals surface area contributed by atoms with Gasteiger partial charge in [0.05, 0.1) is 17.1 Å². The summed E-state index contributed by atoms with van der Waals surface area (Å²) in [5.74, 6) is 1.77. The van der Waals surface area contributed by atoms with Gasteiger partial charge in [-0.1, -0.05) is 20.8 Å². The monoisotopic (exact) mass is 517 g/mol. The number of aliphatic imine (C=N–C) groups is 1. The molecule has 2 aromatic carbocycles. The van der Waals surface area contributed by atoms with Gasteiger partial charge in [0.2, 0.25) is 0 Å². The largest absolute Gasteiger partial charge is 0.490 e. The Morgan fingerprint density at radius 3 is 2.59 bits per heavy atom. The number of non-ortho nitro benzene ring substituents is 1. The summed E-state index contributed by atoms with van der Waals surface area (Å²) in [4.78, 5) is 16.4. The van der Waals surface area contributed by atoms with E-state index in [-0.39, 0.29) is 17.7 Å². The summed E-state index contributed by atoms with van der Waals surface area (Å²) < 4.78 is 11.7. The van der Waals surface area contributed by atoms with Crippen molar-refractivity contribution in [2.75, 3.05) is 6.61 Å².